The summed E-state index contributed by atoms with van der Waals surface area (Å²) in [4.78, 5) is 10.2. The van der Waals surface area contributed by atoms with E-state index in [4.69, 9.17) is 4.74 Å². The summed E-state index contributed by atoms with van der Waals surface area (Å²) >= 11 is 0. The molecule has 1 unspecified atom stereocenters. The average molecular weight is 193 g/mol. The Hall–Kier alpha value is -1.42. The van der Waals surface area contributed by atoms with Crippen molar-refractivity contribution in [3.8, 4) is 0 Å². The summed E-state index contributed by atoms with van der Waals surface area (Å²) in [6.45, 7) is 2.74. The number of hydrogen-bond donors (Lipinski definition) is 0. The van der Waals surface area contributed by atoms with Crippen LogP contribution in [-0.2, 0) is 11.2 Å². The van der Waals surface area contributed by atoms with Crippen LogP contribution in [0.15, 0.2) is 18.2 Å². The van der Waals surface area contributed by atoms with Crippen molar-refractivity contribution in [2.75, 3.05) is 6.61 Å². The van der Waals surface area contributed by atoms with Gasteiger partial charge in [-0.2, -0.15) is 0 Å². The number of aryl methyl sites for hydroxylation is 1. The van der Waals surface area contributed by atoms with Crippen molar-refractivity contribution in [3.05, 3.63) is 39.4 Å². The molecule has 1 aromatic carbocycles. The maximum atomic E-state index is 10.5. The molecule has 0 bridgehead atoms. The molecular formula is C10H11NO3. The fourth-order valence-electron chi connectivity index (χ4n) is 1.42. The van der Waals surface area contributed by atoms with Gasteiger partial charge >= 0.3 is 0 Å². The number of epoxide rings is 1. The lowest BCUT2D eigenvalue weighted by Gasteiger charge is -2.02. The molecule has 1 heterocycles. The Morgan fingerprint density at radius 1 is 1.64 bits per heavy atom. The van der Waals surface area contributed by atoms with Gasteiger partial charge in [0.1, 0.15) is 0 Å². The van der Waals surface area contributed by atoms with Crippen LogP contribution in [0.1, 0.15) is 11.1 Å². The van der Waals surface area contributed by atoms with Gasteiger partial charge in [0.15, 0.2) is 0 Å². The fraction of sp³-hybridized carbons (Fsp3) is 0.400. The van der Waals surface area contributed by atoms with E-state index in [0.717, 1.165) is 24.2 Å². The average Bonchev–Trinajstić information content (AvgIpc) is 2.92. The molecule has 1 atom stereocenters. The third-order valence-corrected chi connectivity index (χ3v) is 2.39. The Morgan fingerprint density at radius 2 is 2.36 bits per heavy atom. The van der Waals surface area contributed by atoms with E-state index in [9.17, 15) is 10.1 Å². The molecule has 0 spiro atoms. The first-order valence-electron chi connectivity index (χ1n) is 4.52. The topological polar surface area (TPSA) is 55.7 Å². The van der Waals surface area contributed by atoms with Gasteiger partial charge in [0, 0.05) is 18.6 Å². The minimum Gasteiger partial charge on any atom is -0.373 e. The first-order chi connectivity index (χ1) is 6.66. The summed E-state index contributed by atoms with van der Waals surface area (Å²) in [5.41, 5.74) is 2.26. The van der Waals surface area contributed by atoms with Crippen LogP contribution >= 0.6 is 0 Å². The third kappa shape index (κ3) is 1.90. The van der Waals surface area contributed by atoms with E-state index in [1.54, 1.807) is 12.1 Å². The van der Waals surface area contributed by atoms with Crippen LogP contribution in [0, 0.1) is 17.0 Å². The quantitative estimate of drug-likeness (QED) is 0.418. The van der Waals surface area contributed by atoms with Crippen LogP contribution < -0.4 is 0 Å². The number of non-ortho nitro benzene ring substituents is 1. The van der Waals surface area contributed by atoms with Gasteiger partial charge in [0.2, 0.25) is 0 Å². The molecule has 4 nitrogen and oxygen atoms in total. The standard InChI is InChI=1S/C10H11NO3/c1-7-2-3-9(11(12)13)4-8(7)5-10-6-14-10/h2-4,10H,5-6H2,1H3. The molecule has 0 N–H and O–H groups in total. The van der Waals surface area contributed by atoms with E-state index in [0.29, 0.717) is 0 Å². The highest BCUT2D eigenvalue weighted by Crippen LogP contribution is 2.22. The number of ether oxygens (including phenoxy) is 1. The predicted octanol–water partition coefficient (Wildman–Crippen LogP) is 1.84. The number of nitrogens with zero attached hydrogens (tertiary/aromatic N) is 1. The van der Waals surface area contributed by atoms with Gasteiger partial charge in [0.05, 0.1) is 17.6 Å². The monoisotopic (exact) mass is 193 g/mol. The molecule has 4 heteroatoms. The lowest BCUT2D eigenvalue weighted by molar-refractivity contribution is -0.384. The zero-order valence-electron chi connectivity index (χ0n) is 7.90. The first-order valence-corrected chi connectivity index (χ1v) is 4.52. The maximum absolute atomic E-state index is 10.5. The van der Waals surface area contributed by atoms with Crippen LogP contribution in [0.25, 0.3) is 0 Å². The highest BCUT2D eigenvalue weighted by Gasteiger charge is 2.24. The molecular weight excluding hydrogens is 182 g/mol. The van der Waals surface area contributed by atoms with Crippen molar-refractivity contribution in [2.24, 2.45) is 0 Å². The molecule has 0 amide bonds. The minimum absolute atomic E-state index is 0.159. The smallest absolute Gasteiger partial charge is 0.269 e. The van der Waals surface area contributed by atoms with E-state index in [2.05, 4.69) is 0 Å². The summed E-state index contributed by atoms with van der Waals surface area (Å²) in [5.74, 6) is 0. The Labute approximate surface area is 81.7 Å². The Balaban J connectivity index is 2.26. The molecule has 0 aromatic heterocycles. The zero-order valence-corrected chi connectivity index (χ0v) is 7.90. The molecule has 1 fully saturated rings. The molecule has 0 aliphatic carbocycles. The Morgan fingerprint density at radius 3 is 2.93 bits per heavy atom. The van der Waals surface area contributed by atoms with Gasteiger partial charge in [-0.05, 0) is 18.1 Å². The van der Waals surface area contributed by atoms with Crippen LogP contribution in [0.3, 0.4) is 0 Å². The van der Waals surface area contributed by atoms with Crippen molar-refractivity contribution in [3.63, 3.8) is 0 Å². The molecule has 1 saturated heterocycles. The summed E-state index contributed by atoms with van der Waals surface area (Å²) in [5, 5.41) is 10.5. The predicted molar refractivity (Wildman–Crippen MR) is 51.3 cm³/mol. The summed E-state index contributed by atoms with van der Waals surface area (Å²) in [6.07, 6.45) is 1.06. The van der Waals surface area contributed by atoms with Gasteiger partial charge in [0.25, 0.3) is 5.69 Å². The third-order valence-electron chi connectivity index (χ3n) is 2.39. The highest BCUT2D eigenvalue weighted by molar-refractivity contribution is 5.39. The lowest BCUT2D eigenvalue weighted by atomic mass is 10.0. The van der Waals surface area contributed by atoms with E-state index in [-0.39, 0.29) is 16.7 Å². The van der Waals surface area contributed by atoms with Gasteiger partial charge in [-0.15, -0.1) is 0 Å². The van der Waals surface area contributed by atoms with Crippen LogP contribution in [-0.4, -0.2) is 17.6 Å². The van der Waals surface area contributed by atoms with Crippen molar-refractivity contribution < 1.29 is 9.66 Å². The van der Waals surface area contributed by atoms with Crippen molar-refractivity contribution in [2.45, 2.75) is 19.4 Å². The number of hydrogen-bond acceptors (Lipinski definition) is 3. The fourth-order valence-corrected chi connectivity index (χ4v) is 1.42. The summed E-state index contributed by atoms with van der Waals surface area (Å²) in [7, 11) is 0. The minimum atomic E-state index is -0.364. The SMILES string of the molecule is Cc1ccc([N+](=O)[O-])cc1CC1CO1. The number of rotatable bonds is 3. The first kappa shape index (κ1) is 9.15. The van der Waals surface area contributed by atoms with Crippen LogP contribution in [0.2, 0.25) is 0 Å². The molecule has 74 valence electrons. The van der Waals surface area contributed by atoms with Gasteiger partial charge < -0.3 is 4.74 Å². The Bertz CT molecular complexity index is 372. The molecule has 0 saturated carbocycles. The van der Waals surface area contributed by atoms with Crippen molar-refractivity contribution in [1.29, 1.82) is 0 Å². The maximum Gasteiger partial charge on any atom is 0.269 e. The summed E-state index contributed by atoms with van der Waals surface area (Å²) in [6, 6.07) is 4.96. The highest BCUT2D eigenvalue weighted by atomic mass is 16.6. The molecule has 1 aromatic rings. The second-order valence-corrected chi connectivity index (χ2v) is 3.53. The van der Waals surface area contributed by atoms with E-state index in [1.807, 2.05) is 6.92 Å². The van der Waals surface area contributed by atoms with Crippen molar-refractivity contribution in [1.82, 2.24) is 0 Å². The van der Waals surface area contributed by atoms with Gasteiger partial charge in [-0.1, -0.05) is 6.07 Å². The molecule has 14 heavy (non-hydrogen) atoms. The van der Waals surface area contributed by atoms with Crippen LogP contribution in [0.4, 0.5) is 5.69 Å². The normalized spacial score (nSPS) is 19.4. The van der Waals surface area contributed by atoms with E-state index >= 15 is 0 Å². The second kappa shape index (κ2) is 3.38. The molecule has 0 radical (unpaired) electrons. The van der Waals surface area contributed by atoms with E-state index < -0.39 is 0 Å². The Kier molecular flexibility index (Phi) is 2.21. The van der Waals surface area contributed by atoms with Crippen molar-refractivity contribution >= 4 is 5.69 Å². The van der Waals surface area contributed by atoms with Gasteiger partial charge in [-0.3, -0.25) is 10.1 Å². The van der Waals surface area contributed by atoms with Crippen LogP contribution in [0.5, 0.6) is 0 Å². The summed E-state index contributed by atoms with van der Waals surface area (Å²) < 4.78 is 5.10. The lowest BCUT2D eigenvalue weighted by Crippen LogP contribution is -1.98. The van der Waals surface area contributed by atoms with E-state index in [1.165, 1.54) is 6.07 Å². The number of nitro groups is 1. The van der Waals surface area contributed by atoms with Gasteiger partial charge in [-0.25, -0.2) is 0 Å². The number of nitro benzene ring substituents is 1. The molecule has 2 rings (SSSR count). The zero-order chi connectivity index (χ0) is 10.1. The number of benzene rings is 1. The molecule has 1 aliphatic heterocycles. The second-order valence-electron chi connectivity index (χ2n) is 3.53. The largest absolute Gasteiger partial charge is 0.373 e. The molecule has 1 aliphatic rings.